The van der Waals surface area contributed by atoms with Crippen LogP contribution in [0.2, 0.25) is 0 Å². The molecule has 0 aliphatic rings. The van der Waals surface area contributed by atoms with Gasteiger partial charge in [0.1, 0.15) is 11.3 Å². The van der Waals surface area contributed by atoms with Gasteiger partial charge >= 0.3 is 11.9 Å². The van der Waals surface area contributed by atoms with E-state index in [-0.39, 0.29) is 5.76 Å². The Morgan fingerprint density at radius 3 is 2.62 bits per heavy atom. The number of nitrogens with zero attached hydrogens (tertiary/aromatic N) is 1. The van der Waals surface area contributed by atoms with Gasteiger partial charge in [-0.1, -0.05) is 18.2 Å². The van der Waals surface area contributed by atoms with Crippen molar-refractivity contribution in [3.05, 3.63) is 65.4 Å². The highest BCUT2D eigenvalue weighted by Gasteiger charge is 2.16. The molecule has 26 heavy (non-hydrogen) atoms. The molecule has 1 aromatic heterocycles. The average Bonchev–Trinajstić information content (AvgIpc) is 2.98. The van der Waals surface area contributed by atoms with Crippen molar-refractivity contribution >= 4 is 29.1 Å². The molecule has 0 spiro atoms. The molecule has 0 fully saturated rings. The van der Waals surface area contributed by atoms with Gasteiger partial charge in [-0.15, -0.1) is 0 Å². The number of amides is 1. The van der Waals surface area contributed by atoms with Crippen LogP contribution in [0, 0.1) is 6.92 Å². The fourth-order valence-electron chi connectivity index (χ4n) is 2.40. The van der Waals surface area contributed by atoms with E-state index in [0.29, 0.717) is 16.9 Å². The van der Waals surface area contributed by atoms with Gasteiger partial charge in [-0.25, -0.2) is 10.2 Å². The number of carboxylic acids is 1. The Hall–Kier alpha value is -3.61. The fourth-order valence-corrected chi connectivity index (χ4v) is 2.40. The second kappa shape index (κ2) is 7.52. The summed E-state index contributed by atoms with van der Waals surface area (Å²) in [5, 5.41) is 13.4. The number of hydrazone groups is 1. The first-order valence-electron chi connectivity index (χ1n) is 7.81. The zero-order chi connectivity index (χ0) is 18.5. The number of aliphatic carboxylic acids is 1. The van der Waals surface area contributed by atoms with Crippen molar-refractivity contribution < 1.29 is 23.8 Å². The van der Waals surface area contributed by atoms with E-state index in [1.807, 2.05) is 25.1 Å². The van der Waals surface area contributed by atoms with E-state index >= 15 is 0 Å². The van der Waals surface area contributed by atoms with E-state index in [1.54, 1.807) is 30.3 Å². The number of hydrogen-bond acceptors (Lipinski definition) is 5. The summed E-state index contributed by atoms with van der Waals surface area (Å²) >= 11 is 0. The van der Waals surface area contributed by atoms with Crippen molar-refractivity contribution in [2.24, 2.45) is 5.10 Å². The molecule has 7 heteroatoms. The van der Waals surface area contributed by atoms with Crippen LogP contribution in [0.15, 0.2) is 58.0 Å². The topological polar surface area (TPSA) is 101 Å². The number of ether oxygens (including phenoxy) is 1. The largest absolute Gasteiger partial charge is 0.482 e. The number of furan rings is 1. The van der Waals surface area contributed by atoms with Gasteiger partial charge in [-0.05, 0) is 42.8 Å². The van der Waals surface area contributed by atoms with Crippen LogP contribution >= 0.6 is 0 Å². The molecular weight excluding hydrogens is 336 g/mol. The van der Waals surface area contributed by atoms with Crippen LogP contribution in [0.4, 0.5) is 0 Å². The molecule has 2 N–H and O–H groups in total. The number of para-hydroxylation sites is 1. The van der Waals surface area contributed by atoms with Crippen molar-refractivity contribution in [1.82, 2.24) is 5.43 Å². The summed E-state index contributed by atoms with van der Waals surface area (Å²) in [5.74, 6) is -0.817. The molecule has 0 radical (unpaired) electrons. The second-order valence-electron chi connectivity index (χ2n) is 5.50. The van der Waals surface area contributed by atoms with Gasteiger partial charge in [0, 0.05) is 10.9 Å². The molecule has 0 saturated heterocycles. The number of nitrogens with one attached hydrogen (secondary N) is 1. The maximum absolute atomic E-state index is 12.2. The molecule has 0 unspecified atom stereocenters. The first-order valence-corrected chi connectivity index (χ1v) is 7.81. The molecular formula is C19H16N2O5. The molecule has 7 nitrogen and oxygen atoms in total. The molecule has 0 saturated carbocycles. The molecule has 0 aliphatic heterocycles. The summed E-state index contributed by atoms with van der Waals surface area (Å²) in [7, 11) is 0. The van der Waals surface area contributed by atoms with Crippen LogP contribution in [0.3, 0.4) is 0 Å². The van der Waals surface area contributed by atoms with Crippen LogP contribution in [-0.2, 0) is 4.79 Å². The van der Waals surface area contributed by atoms with Crippen LogP contribution in [0.25, 0.3) is 11.0 Å². The minimum atomic E-state index is -1.04. The third kappa shape index (κ3) is 3.89. The maximum atomic E-state index is 12.2. The molecule has 1 amide bonds. The van der Waals surface area contributed by atoms with E-state index in [2.05, 4.69) is 10.5 Å². The molecule has 3 aromatic rings. The first kappa shape index (κ1) is 17.2. The van der Waals surface area contributed by atoms with Crippen molar-refractivity contribution in [2.75, 3.05) is 6.61 Å². The molecule has 0 aliphatic carbocycles. The lowest BCUT2D eigenvalue weighted by atomic mass is 10.1. The van der Waals surface area contributed by atoms with Gasteiger partial charge < -0.3 is 14.3 Å². The summed E-state index contributed by atoms with van der Waals surface area (Å²) in [5.41, 5.74) is 4.56. The summed E-state index contributed by atoms with van der Waals surface area (Å²) < 4.78 is 10.6. The highest BCUT2D eigenvalue weighted by Crippen LogP contribution is 2.24. The quantitative estimate of drug-likeness (QED) is 0.525. The Bertz CT molecular complexity index is 973. The third-order valence-corrected chi connectivity index (χ3v) is 3.67. The van der Waals surface area contributed by atoms with E-state index in [0.717, 1.165) is 10.9 Å². The fraction of sp³-hybridized carbons (Fsp3) is 0.105. The highest BCUT2D eigenvalue weighted by molar-refractivity contribution is 5.99. The van der Waals surface area contributed by atoms with Crippen molar-refractivity contribution in [2.45, 2.75) is 6.92 Å². The maximum Gasteiger partial charge on any atom is 0.341 e. The third-order valence-electron chi connectivity index (χ3n) is 3.67. The zero-order valence-corrected chi connectivity index (χ0v) is 13.9. The highest BCUT2D eigenvalue weighted by atomic mass is 16.5. The predicted octanol–water partition coefficient (Wildman–Crippen LogP) is 2.97. The number of aryl methyl sites for hydroxylation is 1. The van der Waals surface area contributed by atoms with Crippen molar-refractivity contribution in [3.8, 4) is 5.75 Å². The summed E-state index contributed by atoms with van der Waals surface area (Å²) in [6.45, 7) is 1.42. The molecule has 1 heterocycles. The van der Waals surface area contributed by atoms with Gasteiger partial charge in [-0.3, -0.25) is 4.79 Å². The number of carboxylic acid groups (broad SMARTS) is 1. The standard InChI is InChI=1S/C19H16N2O5/c1-12-15-4-2-3-5-16(15)26-18(12)19(24)21-20-10-13-6-8-14(9-7-13)25-11-17(22)23/h2-10H,11H2,1H3,(H,21,24)(H,22,23)/b20-10-. The monoisotopic (exact) mass is 352 g/mol. The number of hydrogen-bond donors (Lipinski definition) is 2. The van der Waals surface area contributed by atoms with Gasteiger partial charge in [0.15, 0.2) is 12.4 Å². The summed E-state index contributed by atoms with van der Waals surface area (Å²) in [6.07, 6.45) is 1.47. The van der Waals surface area contributed by atoms with E-state index < -0.39 is 18.5 Å². The minimum Gasteiger partial charge on any atom is -0.482 e. The number of carbonyl (C=O) groups excluding carboxylic acids is 1. The molecule has 0 atom stereocenters. The normalized spacial score (nSPS) is 11.0. The number of rotatable bonds is 6. The lowest BCUT2D eigenvalue weighted by molar-refractivity contribution is -0.139. The van der Waals surface area contributed by atoms with Gasteiger partial charge in [0.25, 0.3) is 0 Å². The molecule has 3 rings (SSSR count). The lowest BCUT2D eigenvalue weighted by Gasteiger charge is -2.02. The Morgan fingerprint density at radius 2 is 1.92 bits per heavy atom. The van der Waals surface area contributed by atoms with Crippen LogP contribution in [0.5, 0.6) is 5.75 Å². The van der Waals surface area contributed by atoms with Crippen molar-refractivity contribution in [1.29, 1.82) is 0 Å². The SMILES string of the molecule is Cc1c(C(=O)N/N=C\c2ccc(OCC(=O)O)cc2)oc2ccccc12. The minimum absolute atomic E-state index is 0.223. The predicted molar refractivity (Wildman–Crippen MR) is 95.6 cm³/mol. The summed E-state index contributed by atoms with van der Waals surface area (Å²) in [6, 6.07) is 14.0. The number of fused-ring (bicyclic) bond motifs is 1. The van der Waals surface area contributed by atoms with Gasteiger partial charge in [0.2, 0.25) is 0 Å². The van der Waals surface area contributed by atoms with Crippen LogP contribution < -0.4 is 10.2 Å². The van der Waals surface area contributed by atoms with Gasteiger partial charge in [0.05, 0.1) is 6.21 Å². The smallest absolute Gasteiger partial charge is 0.341 e. The van der Waals surface area contributed by atoms with Gasteiger partial charge in [-0.2, -0.15) is 5.10 Å². The Morgan fingerprint density at radius 1 is 1.19 bits per heavy atom. The molecule has 2 aromatic carbocycles. The van der Waals surface area contributed by atoms with Crippen molar-refractivity contribution in [3.63, 3.8) is 0 Å². The van der Waals surface area contributed by atoms with Crippen LogP contribution in [0.1, 0.15) is 21.7 Å². The lowest BCUT2D eigenvalue weighted by Crippen LogP contribution is -2.17. The van der Waals surface area contributed by atoms with E-state index in [1.165, 1.54) is 6.21 Å². The van der Waals surface area contributed by atoms with E-state index in [4.69, 9.17) is 14.3 Å². The Kier molecular flexibility index (Phi) is 4.98. The Labute approximate surface area is 148 Å². The molecule has 0 bridgehead atoms. The number of carbonyl (C=O) groups is 2. The van der Waals surface area contributed by atoms with Crippen LogP contribution in [-0.4, -0.2) is 29.8 Å². The second-order valence-corrected chi connectivity index (χ2v) is 5.50. The first-order chi connectivity index (χ1) is 12.5. The summed E-state index contributed by atoms with van der Waals surface area (Å²) in [4.78, 5) is 22.7. The Balaban J connectivity index is 1.63. The average molecular weight is 352 g/mol. The van der Waals surface area contributed by atoms with E-state index in [9.17, 15) is 9.59 Å². The zero-order valence-electron chi connectivity index (χ0n) is 13.9. The molecule has 132 valence electrons. The number of benzene rings is 2.